The van der Waals surface area contributed by atoms with E-state index >= 15 is 0 Å². The van der Waals surface area contributed by atoms with Gasteiger partial charge >= 0.3 is 6.18 Å². The molecule has 7 heteroatoms. The van der Waals surface area contributed by atoms with E-state index in [0.29, 0.717) is 0 Å². The number of amides is 1. The van der Waals surface area contributed by atoms with E-state index in [4.69, 9.17) is 17.3 Å². The second kappa shape index (κ2) is 5.41. The van der Waals surface area contributed by atoms with Gasteiger partial charge in [0.2, 0.25) is 5.91 Å². The van der Waals surface area contributed by atoms with Gasteiger partial charge in [-0.15, -0.1) is 12.4 Å². The van der Waals surface area contributed by atoms with Crippen molar-refractivity contribution >= 4 is 29.9 Å². The quantitative estimate of drug-likeness (QED) is 0.885. The predicted octanol–water partition coefficient (Wildman–Crippen LogP) is 2.81. The van der Waals surface area contributed by atoms with E-state index in [0.717, 1.165) is 12.1 Å². The van der Waals surface area contributed by atoms with Gasteiger partial charge in [0.25, 0.3) is 0 Å². The van der Waals surface area contributed by atoms with Crippen LogP contribution in [0.5, 0.6) is 0 Å². The van der Waals surface area contributed by atoms with Crippen molar-refractivity contribution < 1.29 is 18.0 Å². The van der Waals surface area contributed by atoms with Crippen molar-refractivity contribution in [1.82, 2.24) is 0 Å². The van der Waals surface area contributed by atoms with Crippen molar-refractivity contribution in [3.63, 3.8) is 0 Å². The summed E-state index contributed by atoms with van der Waals surface area (Å²) in [5.74, 6) is -0.817. The predicted molar refractivity (Wildman–Crippen MR) is 56.6 cm³/mol. The summed E-state index contributed by atoms with van der Waals surface area (Å²) in [6.07, 6.45) is -4.98. The Morgan fingerprint density at radius 1 is 1.38 bits per heavy atom. The van der Waals surface area contributed by atoms with Crippen LogP contribution in [0.1, 0.15) is 11.1 Å². The highest BCUT2D eigenvalue weighted by molar-refractivity contribution is 6.30. The molecule has 0 fully saturated rings. The van der Waals surface area contributed by atoms with Crippen LogP contribution in [-0.4, -0.2) is 5.91 Å². The van der Waals surface area contributed by atoms with Gasteiger partial charge in [-0.3, -0.25) is 4.79 Å². The molecule has 0 heterocycles. The van der Waals surface area contributed by atoms with Gasteiger partial charge in [-0.1, -0.05) is 17.7 Å². The summed E-state index contributed by atoms with van der Waals surface area (Å²) >= 11 is 5.44. The zero-order valence-corrected chi connectivity index (χ0v) is 9.42. The standard InChI is InChI=1S/C9H7ClF3NO.ClH/c10-6-2-1-5(3-8(14)15)7(4-6)9(11,12)13;/h1-2,4H,3H2,(H2,14,15);1H. The van der Waals surface area contributed by atoms with E-state index in [1.165, 1.54) is 6.07 Å². The smallest absolute Gasteiger partial charge is 0.369 e. The first-order valence-corrected chi connectivity index (χ1v) is 4.32. The minimum atomic E-state index is -4.53. The van der Waals surface area contributed by atoms with Crippen LogP contribution in [0.3, 0.4) is 0 Å². The van der Waals surface area contributed by atoms with E-state index in [-0.39, 0.29) is 23.0 Å². The van der Waals surface area contributed by atoms with Gasteiger partial charge in [-0.05, 0) is 17.7 Å². The number of rotatable bonds is 2. The van der Waals surface area contributed by atoms with Crippen LogP contribution in [0.15, 0.2) is 18.2 Å². The summed E-state index contributed by atoms with van der Waals surface area (Å²) in [5.41, 5.74) is 3.75. The van der Waals surface area contributed by atoms with Crippen LogP contribution in [0.2, 0.25) is 5.02 Å². The van der Waals surface area contributed by atoms with E-state index in [9.17, 15) is 18.0 Å². The number of primary amides is 1. The molecule has 0 saturated carbocycles. The Morgan fingerprint density at radius 2 is 1.94 bits per heavy atom. The maximum Gasteiger partial charge on any atom is 0.416 e. The van der Waals surface area contributed by atoms with Crippen molar-refractivity contribution in [1.29, 1.82) is 0 Å². The monoisotopic (exact) mass is 273 g/mol. The van der Waals surface area contributed by atoms with Crippen LogP contribution in [0, 0.1) is 0 Å². The normalized spacial score (nSPS) is 10.8. The first-order valence-electron chi connectivity index (χ1n) is 3.94. The molecule has 1 aromatic carbocycles. The van der Waals surface area contributed by atoms with Gasteiger partial charge in [0.15, 0.2) is 0 Å². The van der Waals surface area contributed by atoms with Crippen LogP contribution in [-0.2, 0) is 17.4 Å². The van der Waals surface area contributed by atoms with Crippen molar-refractivity contribution in [2.45, 2.75) is 12.6 Å². The lowest BCUT2D eigenvalue weighted by Gasteiger charge is -2.11. The van der Waals surface area contributed by atoms with Crippen molar-refractivity contribution in [2.75, 3.05) is 0 Å². The van der Waals surface area contributed by atoms with Crippen LogP contribution < -0.4 is 5.73 Å². The molecule has 0 radical (unpaired) electrons. The largest absolute Gasteiger partial charge is 0.416 e. The maximum absolute atomic E-state index is 12.5. The number of alkyl halides is 3. The summed E-state index contributed by atoms with van der Waals surface area (Å²) in [6, 6.07) is 3.21. The Labute approximate surface area is 101 Å². The molecule has 0 aromatic heterocycles. The van der Waals surface area contributed by atoms with Gasteiger partial charge in [0.1, 0.15) is 0 Å². The molecule has 0 saturated heterocycles. The second-order valence-electron chi connectivity index (χ2n) is 2.94. The highest BCUT2D eigenvalue weighted by Gasteiger charge is 2.33. The summed E-state index contributed by atoms with van der Waals surface area (Å²) in [6.45, 7) is 0. The molecule has 0 spiro atoms. The van der Waals surface area contributed by atoms with Crippen LogP contribution in [0.4, 0.5) is 13.2 Å². The molecule has 1 rings (SSSR count). The van der Waals surface area contributed by atoms with E-state index in [1.807, 2.05) is 0 Å². The lowest BCUT2D eigenvalue weighted by Crippen LogP contribution is -2.17. The highest BCUT2D eigenvalue weighted by Crippen LogP contribution is 2.33. The van der Waals surface area contributed by atoms with Gasteiger partial charge in [-0.25, -0.2) is 0 Å². The number of benzene rings is 1. The third-order valence-corrected chi connectivity index (χ3v) is 1.98. The Kier molecular flexibility index (Phi) is 5.09. The molecule has 0 aliphatic rings. The molecule has 16 heavy (non-hydrogen) atoms. The molecular weight excluding hydrogens is 266 g/mol. The third-order valence-electron chi connectivity index (χ3n) is 1.74. The Hall–Kier alpha value is -0.940. The lowest BCUT2D eigenvalue weighted by molar-refractivity contribution is -0.138. The molecule has 2 nitrogen and oxygen atoms in total. The van der Waals surface area contributed by atoms with Crippen molar-refractivity contribution in [2.24, 2.45) is 5.73 Å². The van der Waals surface area contributed by atoms with E-state index < -0.39 is 24.1 Å². The summed E-state index contributed by atoms with van der Waals surface area (Å²) in [7, 11) is 0. The molecule has 1 aromatic rings. The zero-order valence-electron chi connectivity index (χ0n) is 7.84. The Morgan fingerprint density at radius 3 is 2.38 bits per heavy atom. The van der Waals surface area contributed by atoms with Gasteiger partial charge in [-0.2, -0.15) is 13.2 Å². The fourth-order valence-corrected chi connectivity index (χ4v) is 1.33. The van der Waals surface area contributed by atoms with Gasteiger partial charge in [0, 0.05) is 5.02 Å². The Bertz CT molecular complexity index is 393. The van der Waals surface area contributed by atoms with E-state index in [1.54, 1.807) is 0 Å². The van der Waals surface area contributed by atoms with E-state index in [2.05, 4.69) is 0 Å². The van der Waals surface area contributed by atoms with Crippen LogP contribution in [0.25, 0.3) is 0 Å². The first kappa shape index (κ1) is 15.1. The number of hydrogen-bond donors (Lipinski definition) is 1. The number of carbonyl (C=O) groups is 1. The average molecular weight is 274 g/mol. The summed E-state index contributed by atoms with van der Waals surface area (Å²) < 4.78 is 37.4. The molecular formula is C9H8Cl2F3NO. The fourth-order valence-electron chi connectivity index (χ4n) is 1.15. The zero-order chi connectivity index (χ0) is 11.6. The molecule has 0 atom stereocenters. The number of hydrogen-bond acceptors (Lipinski definition) is 1. The minimum absolute atomic E-state index is 0. The second-order valence-corrected chi connectivity index (χ2v) is 3.38. The topological polar surface area (TPSA) is 43.1 Å². The molecule has 0 aliphatic carbocycles. The van der Waals surface area contributed by atoms with Crippen molar-refractivity contribution in [3.8, 4) is 0 Å². The molecule has 0 unspecified atom stereocenters. The van der Waals surface area contributed by atoms with Gasteiger partial charge in [0.05, 0.1) is 12.0 Å². The van der Waals surface area contributed by atoms with Crippen molar-refractivity contribution in [3.05, 3.63) is 34.3 Å². The number of carbonyl (C=O) groups excluding carboxylic acids is 1. The Balaban J connectivity index is 0.00000225. The first-order chi connectivity index (χ1) is 6.80. The van der Waals surface area contributed by atoms with Gasteiger partial charge < -0.3 is 5.73 Å². The van der Waals surface area contributed by atoms with Crippen LogP contribution >= 0.6 is 24.0 Å². The minimum Gasteiger partial charge on any atom is -0.369 e. The lowest BCUT2D eigenvalue weighted by atomic mass is 10.0. The molecule has 90 valence electrons. The molecule has 2 N–H and O–H groups in total. The summed E-state index contributed by atoms with van der Waals surface area (Å²) in [5, 5.41) is -0.0319. The highest BCUT2D eigenvalue weighted by atomic mass is 35.5. The molecule has 0 aliphatic heterocycles. The molecule has 1 amide bonds. The maximum atomic E-state index is 12.5. The molecule has 0 bridgehead atoms. The summed E-state index contributed by atoms with van der Waals surface area (Å²) in [4.78, 5) is 10.6. The number of halogens is 5. The average Bonchev–Trinajstić information content (AvgIpc) is 2.05. The number of nitrogens with two attached hydrogens (primary N) is 1. The third kappa shape index (κ3) is 3.90. The fraction of sp³-hybridized carbons (Fsp3) is 0.222. The SMILES string of the molecule is Cl.NC(=O)Cc1ccc(Cl)cc1C(F)(F)F.